The molecule has 0 aliphatic rings. The maximum absolute atomic E-state index is 12.6. The van der Waals surface area contributed by atoms with Gasteiger partial charge in [0.2, 0.25) is 0 Å². The smallest absolute Gasteiger partial charge is 0.306 e. The molecule has 0 aliphatic heterocycles. The highest BCUT2D eigenvalue weighted by Gasteiger charge is 2.25. The maximum Gasteiger partial charge on any atom is 0.306 e. The number of carboxylic acid groups (broad SMARTS) is 1. The van der Waals surface area contributed by atoms with Gasteiger partial charge in [0, 0.05) is 19.3 Å². The lowest BCUT2D eigenvalue weighted by atomic mass is 10.1. The number of esters is 2. The quantitative estimate of drug-likeness (QED) is 0.0319. The number of hydrogen-bond acceptors (Lipinski definition) is 7. The first-order valence-corrected chi connectivity index (χ1v) is 18.4. The SMILES string of the molecule is CC/C=C/C/C=C/CCCCCCCCCC(=O)OC(COCCC(C(=O)[O-])[N+](C)(C)C)COC(=O)CCCCCCCCCC. The molecular weight excluding hydrogens is 582 g/mol. The minimum atomic E-state index is -1.13. The Bertz CT molecular complexity index is 818. The van der Waals surface area contributed by atoms with Crippen LogP contribution >= 0.6 is 0 Å². The summed E-state index contributed by atoms with van der Waals surface area (Å²) in [4.78, 5) is 36.5. The number of unbranched alkanes of at least 4 members (excludes halogenated alkanes) is 14. The van der Waals surface area contributed by atoms with Crippen LogP contribution in [-0.2, 0) is 28.6 Å². The fourth-order valence-electron chi connectivity index (χ4n) is 5.22. The molecule has 46 heavy (non-hydrogen) atoms. The van der Waals surface area contributed by atoms with E-state index in [0.29, 0.717) is 12.8 Å². The van der Waals surface area contributed by atoms with Crippen molar-refractivity contribution in [3.8, 4) is 0 Å². The molecule has 0 aromatic rings. The molecule has 8 nitrogen and oxygen atoms in total. The lowest BCUT2D eigenvalue weighted by molar-refractivity contribution is -0.889. The summed E-state index contributed by atoms with van der Waals surface area (Å²) in [5, 5.41) is 11.5. The molecule has 2 unspecified atom stereocenters. The van der Waals surface area contributed by atoms with Crippen molar-refractivity contribution < 1.29 is 38.2 Å². The predicted molar refractivity (Wildman–Crippen MR) is 185 cm³/mol. The molecular formula is C38H69NO7. The summed E-state index contributed by atoms with van der Waals surface area (Å²) in [5.41, 5.74) is 0. The average molecular weight is 652 g/mol. The van der Waals surface area contributed by atoms with Gasteiger partial charge in [-0.05, 0) is 38.5 Å². The molecule has 0 aromatic carbocycles. The van der Waals surface area contributed by atoms with Crippen LogP contribution in [0.15, 0.2) is 24.3 Å². The van der Waals surface area contributed by atoms with Crippen LogP contribution < -0.4 is 5.11 Å². The maximum atomic E-state index is 12.6. The highest BCUT2D eigenvalue weighted by Crippen LogP contribution is 2.13. The Hall–Kier alpha value is -2.19. The fraction of sp³-hybridized carbons (Fsp3) is 0.816. The van der Waals surface area contributed by atoms with Crippen LogP contribution in [0.1, 0.15) is 149 Å². The van der Waals surface area contributed by atoms with Crippen molar-refractivity contribution in [1.29, 1.82) is 0 Å². The lowest BCUT2D eigenvalue weighted by Crippen LogP contribution is -2.55. The topological polar surface area (TPSA) is 102 Å². The van der Waals surface area contributed by atoms with Gasteiger partial charge in [0.15, 0.2) is 6.10 Å². The Labute approximate surface area is 281 Å². The van der Waals surface area contributed by atoms with Gasteiger partial charge in [-0.3, -0.25) is 9.59 Å². The third-order valence-electron chi connectivity index (χ3n) is 8.10. The molecule has 8 heteroatoms. The molecule has 0 spiro atoms. The molecule has 0 bridgehead atoms. The van der Waals surface area contributed by atoms with E-state index in [1.165, 1.54) is 57.8 Å². The van der Waals surface area contributed by atoms with Crippen LogP contribution in [-0.4, -0.2) is 75.5 Å². The summed E-state index contributed by atoms with van der Waals surface area (Å²) in [5.74, 6) is -1.75. The zero-order valence-corrected chi connectivity index (χ0v) is 30.2. The van der Waals surface area contributed by atoms with E-state index in [0.717, 1.165) is 57.8 Å². The van der Waals surface area contributed by atoms with Crippen molar-refractivity contribution in [3.05, 3.63) is 24.3 Å². The molecule has 0 aromatic heterocycles. The van der Waals surface area contributed by atoms with Gasteiger partial charge in [0.25, 0.3) is 0 Å². The third-order valence-corrected chi connectivity index (χ3v) is 8.10. The number of aliphatic carboxylic acids is 1. The zero-order valence-electron chi connectivity index (χ0n) is 30.2. The van der Waals surface area contributed by atoms with Crippen LogP contribution in [0.3, 0.4) is 0 Å². The average Bonchev–Trinajstić information content (AvgIpc) is 3.00. The number of rotatable bonds is 32. The molecule has 0 aliphatic carbocycles. The zero-order chi connectivity index (χ0) is 34.3. The van der Waals surface area contributed by atoms with Crippen molar-refractivity contribution in [2.24, 2.45) is 0 Å². The van der Waals surface area contributed by atoms with E-state index in [9.17, 15) is 19.5 Å². The van der Waals surface area contributed by atoms with Crippen LogP contribution in [0.25, 0.3) is 0 Å². The molecule has 0 fully saturated rings. The van der Waals surface area contributed by atoms with Gasteiger partial charge in [0.1, 0.15) is 12.6 Å². The van der Waals surface area contributed by atoms with E-state index in [1.54, 1.807) is 21.1 Å². The van der Waals surface area contributed by atoms with Gasteiger partial charge < -0.3 is 28.6 Å². The highest BCUT2D eigenvalue weighted by molar-refractivity contribution is 5.70. The van der Waals surface area contributed by atoms with E-state index >= 15 is 0 Å². The fourth-order valence-corrected chi connectivity index (χ4v) is 5.22. The molecule has 2 atom stereocenters. The number of carboxylic acids is 1. The lowest BCUT2D eigenvalue weighted by Gasteiger charge is -2.34. The number of likely N-dealkylation sites (N-methyl/N-ethyl adjacent to an activating group) is 1. The Kier molecular flexibility index (Phi) is 28.7. The second-order valence-corrected chi connectivity index (χ2v) is 13.4. The van der Waals surface area contributed by atoms with Gasteiger partial charge in [0.05, 0.1) is 40.3 Å². The first-order chi connectivity index (χ1) is 22.1. The predicted octanol–water partition coefficient (Wildman–Crippen LogP) is 7.63. The number of ether oxygens (including phenoxy) is 3. The number of carbonyl (C=O) groups excluding carboxylic acids is 3. The van der Waals surface area contributed by atoms with Crippen LogP contribution in [0.4, 0.5) is 0 Å². The Morgan fingerprint density at radius 3 is 1.78 bits per heavy atom. The number of quaternary nitrogens is 1. The van der Waals surface area contributed by atoms with Crippen molar-refractivity contribution >= 4 is 17.9 Å². The second-order valence-electron chi connectivity index (χ2n) is 13.4. The molecule has 0 saturated carbocycles. The van der Waals surface area contributed by atoms with Gasteiger partial charge in [-0.25, -0.2) is 0 Å². The van der Waals surface area contributed by atoms with Crippen molar-refractivity contribution in [3.63, 3.8) is 0 Å². The molecule has 0 rings (SSSR count). The molecule has 0 radical (unpaired) electrons. The summed E-state index contributed by atoms with van der Waals surface area (Å²) >= 11 is 0. The third kappa shape index (κ3) is 28.1. The van der Waals surface area contributed by atoms with Gasteiger partial charge in [-0.1, -0.05) is 115 Å². The standard InChI is InChI=1S/C38H69NO7/c1-6-8-10-12-14-16-17-18-19-20-21-23-25-27-29-37(41)46-34(32-44-31-30-35(38(42)43)39(3,4)5)33-45-36(40)28-26-24-22-15-13-11-9-7-2/h8,10,14,16,34-35H,6-7,9,11-13,15,17-33H2,1-5H3/b10-8+,16-14+. The minimum absolute atomic E-state index is 0.0400. The van der Waals surface area contributed by atoms with Gasteiger partial charge >= 0.3 is 11.9 Å². The van der Waals surface area contributed by atoms with Crippen molar-refractivity contribution in [2.45, 2.75) is 161 Å². The van der Waals surface area contributed by atoms with E-state index in [1.807, 2.05) is 0 Å². The number of nitrogens with zero attached hydrogens (tertiary/aromatic N) is 1. The molecule has 0 heterocycles. The van der Waals surface area contributed by atoms with E-state index < -0.39 is 18.1 Å². The van der Waals surface area contributed by atoms with Crippen LogP contribution in [0.5, 0.6) is 0 Å². The highest BCUT2D eigenvalue weighted by atomic mass is 16.6. The van der Waals surface area contributed by atoms with Gasteiger partial charge in [-0.15, -0.1) is 0 Å². The van der Waals surface area contributed by atoms with Crippen molar-refractivity contribution in [2.75, 3.05) is 41.0 Å². The number of hydrogen-bond donors (Lipinski definition) is 0. The molecule has 268 valence electrons. The summed E-state index contributed by atoms with van der Waals surface area (Å²) in [6.45, 7) is 4.50. The molecule has 0 saturated heterocycles. The van der Waals surface area contributed by atoms with Crippen LogP contribution in [0.2, 0.25) is 0 Å². The van der Waals surface area contributed by atoms with E-state index in [-0.39, 0.29) is 42.7 Å². The Balaban J connectivity index is 4.42. The number of allylic oxidation sites excluding steroid dienone is 4. The van der Waals surface area contributed by atoms with E-state index in [4.69, 9.17) is 14.2 Å². The summed E-state index contributed by atoms with van der Waals surface area (Å²) in [6, 6.07) is -0.722. The van der Waals surface area contributed by atoms with E-state index in [2.05, 4.69) is 38.2 Å². The molecule has 0 amide bonds. The normalized spacial score (nSPS) is 13.3. The Morgan fingerprint density at radius 1 is 0.674 bits per heavy atom. The summed E-state index contributed by atoms with van der Waals surface area (Å²) in [6.07, 6.45) is 29.2. The first kappa shape index (κ1) is 43.8. The Morgan fingerprint density at radius 2 is 1.22 bits per heavy atom. The molecule has 0 N–H and O–H groups in total. The minimum Gasteiger partial charge on any atom is -0.544 e. The second kappa shape index (κ2) is 30.2. The monoisotopic (exact) mass is 652 g/mol. The summed E-state index contributed by atoms with van der Waals surface area (Å²) in [7, 11) is 5.39. The number of carbonyl (C=O) groups is 3. The largest absolute Gasteiger partial charge is 0.544 e. The van der Waals surface area contributed by atoms with Crippen LogP contribution in [0, 0.1) is 0 Å². The summed E-state index contributed by atoms with van der Waals surface area (Å²) < 4.78 is 17.0. The van der Waals surface area contributed by atoms with Gasteiger partial charge in [-0.2, -0.15) is 0 Å². The first-order valence-electron chi connectivity index (χ1n) is 18.4. The van der Waals surface area contributed by atoms with Crippen molar-refractivity contribution in [1.82, 2.24) is 0 Å².